The van der Waals surface area contributed by atoms with Crippen LogP contribution in [0.4, 0.5) is 18.9 Å². The number of hydrogen-bond acceptors (Lipinski definition) is 4. The molecule has 2 amide bonds. The molecular formula is C18H21ClF3N3O2S. The second-order valence-corrected chi connectivity index (χ2v) is 8.44. The van der Waals surface area contributed by atoms with E-state index < -0.39 is 22.7 Å². The predicted molar refractivity (Wildman–Crippen MR) is 104 cm³/mol. The van der Waals surface area contributed by atoms with Crippen LogP contribution >= 0.6 is 23.4 Å². The lowest BCUT2D eigenvalue weighted by Crippen LogP contribution is -2.49. The lowest BCUT2D eigenvalue weighted by Gasteiger charge is -2.32. The van der Waals surface area contributed by atoms with Crippen molar-refractivity contribution in [3.8, 4) is 0 Å². The zero-order valence-electron chi connectivity index (χ0n) is 15.1. The Morgan fingerprint density at radius 3 is 2.61 bits per heavy atom. The first-order valence-corrected chi connectivity index (χ1v) is 10.6. The van der Waals surface area contributed by atoms with E-state index in [2.05, 4.69) is 5.32 Å². The highest BCUT2D eigenvalue weighted by Crippen LogP contribution is 2.36. The summed E-state index contributed by atoms with van der Waals surface area (Å²) >= 11 is 7.41. The Morgan fingerprint density at radius 2 is 1.93 bits per heavy atom. The normalized spacial score (nSPS) is 21.0. The number of carbonyl (C=O) groups excluding carboxylic acids is 2. The predicted octanol–water partition coefficient (Wildman–Crippen LogP) is 3.34. The van der Waals surface area contributed by atoms with Gasteiger partial charge in [-0.15, -0.1) is 0 Å². The Hall–Kier alpha value is -1.45. The van der Waals surface area contributed by atoms with Gasteiger partial charge in [-0.25, -0.2) is 0 Å². The molecule has 2 heterocycles. The van der Waals surface area contributed by atoms with E-state index >= 15 is 0 Å². The number of likely N-dealkylation sites (tertiary alicyclic amines) is 1. The maximum absolute atomic E-state index is 13.0. The average molecular weight is 436 g/mol. The number of thioether (sulfide) groups is 1. The molecule has 5 nitrogen and oxygen atoms in total. The van der Waals surface area contributed by atoms with Crippen molar-refractivity contribution in [2.45, 2.75) is 25.1 Å². The minimum atomic E-state index is -4.60. The molecule has 1 aromatic rings. The molecule has 2 aliphatic rings. The van der Waals surface area contributed by atoms with Crippen molar-refractivity contribution in [1.82, 2.24) is 9.80 Å². The van der Waals surface area contributed by atoms with Gasteiger partial charge in [-0.1, -0.05) is 11.6 Å². The Morgan fingerprint density at radius 1 is 1.21 bits per heavy atom. The number of benzene rings is 1. The molecule has 2 saturated heterocycles. The van der Waals surface area contributed by atoms with Crippen molar-refractivity contribution in [2.75, 3.05) is 43.0 Å². The first kappa shape index (κ1) is 21.3. The van der Waals surface area contributed by atoms with Crippen LogP contribution < -0.4 is 5.32 Å². The SMILES string of the molecule is O=C(CN1CCCC1C(=O)N1CCSCC1)Nc1ccc(Cl)c(C(F)(F)F)c1. The number of halogens is 4. The summed E-state index contributed by atoms with van der Waals surface area (Å²) < 4.78 is 38.9. The van der Waals surface area contributed by atoms with Gasteiger partial charge in [-0.05, 0) is 37.6 Å². The van der Waals surface area contributed by atoms with Crippen LogP contribution in [0.3, 0.4) is 0 Å². The van der Waals surface area contributed by atoms with E-state index in [0.717, 1.165) is 30.1 Å². The first-order valence-electron chi connectivity index (χ1n) is 9.03. The molecule has 1 aromatic carbocycles. The van der Waals surface area contributed by atoms with Crippen LogP contribution in [-0.4, -0.2) is 65.3 Å². The number of amides is 2. The Bertz CT molecular complexity index is 741. The summed E-state index contributed by atoms with van der Waals surface area (Å²) in [5, 5.41) is 2.06. The lowest BCUT2D eigenvalue weighted by atomic mass is 10.2. The Kier molecular flexibility index (Phi) is 6.77. The van der Waals surface area contributed by atoms with Crippen molar-refractivity contribution in [2.24, 2.45) is 0 Å². The summed E-state index contributed by atoms with van der Waals surface area (Å²) in [5.41, 5.74) is -0.971. The van der Waals surface area contributed by atoms with Gasteiger partial charge >= 0.3 is 6.18 Å². The summed E-state index contributed by atoms with van der Waals surface area (Å²) in [7, 11) is 0. The van der Waals surface area contributed by atoms with Gasteiger partial charge in [0.25, 0.3) is 0 Å². The first-order chi connectivity index (χ1) is 13.3. The van der Waals surface area contributed by atoms with Crippen molar-refractivity contribution >= 4 is 40.9 Å². The van der Waals surface area contributed by atoms with Crippen LogP contribution in [0.1, 0.15) is 18.4 Å². The summed E-state index contributed by atoms with van der Waals surface area (Å²) in [6.07, 6.45) is -3.10. The summed E-state index contributed by atoms with van der Waals surface area (Å²) in [5.74, 6) is 1.41. The summed E-state index contributed by atoms with van der Waals surface area (Å²) in [6.45, 7) is 2.00. The fourth-order valence-electron chi connectivity index (χ4n) is 3.49. The van der Waals surface area contributed by atoms with Crippen LogP contribution in [0.15, 0.2) is 18.2 Å². The van der Waals surface area contributed by atoms with Gasteiger partial charge in [-0.3, -0.25) is 14.5 Å². The van der Waals surface area contributed by atoms with E-state index in [1.54, 1.807) is 4.90 Å². The molecule has 28 heavy (non-hydrogen) atoms. The second-order valence-electron chi connectivity index (χ2n) is 6.81. The molecule has 2 aliphatic heterocycles. The molecular weight excluding hydrogens is 415 g/mol. The van der Waals surface area contributed by atoms with E-state index in [9.17, 15) is 22.8 Å². The Balaban J connectivity index is 1.62. The quantitative estimate of drug-likeness (QED) is 0.788. The molecule has 0 bridgehead atoms. The van der Waals surface area contributed by atoms with E-state index in [4.69, 9.17) is 11.6 Å². The molecule has 10 heteroatoms. The number of nitrogens with zero attached hydrogens (tertiary/aromatic N) is 2. The van der Waals surface area contributed by atoms with Crippen LogP contribution in [-0.2, 0) is 15.8 Å². The third kappa shape index (κ3) is 5.12. The number of carbonyl (C=O) groups is 2. The van der Waals surface area contributed by atoms with Gasteiger partial charge in [0, 0.05) is 30.3 Å². The number of nitrogens with one attached hydrogen (secondary N) is 1. The molecule has 0 radical (unpaired) electrons. The van der Waals surface area contributed by atoms with Gasteiger partial charge in [0.15, 0.2) is 0 Å². The molecule has 0 aromatic heterocycles. The van der Waals surface area contributed by atoms with Crippen LogP contribution in [0.2, 0.25) is 5.02 Å². The van der Waals surface area contributed by atoms with Crippen molar-refractivity contribution < 1.29 is 22.8 Å². The number of anilines is 1. The van der Waals surface area contributed by atoms with Crippen molar-refractivity contribution in [3.05, 3.63) is 28.8 Å². The maximum atomic E-state index is 13.0. The van der Waals surface area contributed by atoms with Gasteiger partial charge in [0.05, 0.1) is 23.2 Å². The van der Waals surface area contributed by atoms with Crippen LogP contribution in [0.25, 0.3) is 0 Å². The highest BCUT2D eigenvalue weighted by atomic mass is 35.5. The molecule has 0 spiro atoms. The summed E-state index contributed by atoms with van der Waals surface area (Å²) in [4.78, 5) is 28.8. The number of rotatable bonds is 4. The summed E-state index contributed by atoms with van der Waals surface area (Å²) in [6, 6.07) is 2.91. The van der Waals surface area contributed by atoms with Crippen LogP contribution in [0, 0.1) is 0 Å². The van der Waals surface area contributed by atoms with E-state index in [0.29, 0.717) is 26.1 Å². The largest absolute Gasteiger partial charge is 0.417 e. The molecule has 1 N–H and O–H groups in total. The standard InChI is InChI=1S/C18H21ClF3N3O2S/c19-14-4-3-12(10-13(14)18(20,21)22)23-16(26)11-25-5-1-2-15(25)17(27)24-6-8-28-9-7-24/h3-4,10,15H,1-2,5-9,11H2,(H,23,26). The van der Waals surface area contributed by atoms with Crippen molar-refractivity contribution in [3.63, 3.8) is 0 Å². The molecule has 3 rings (SSSR count). The van der Waals surface area contributed by atoms with Gasteiger partial charge in [0.1, 0.15) is 0 Å². The molecule has 154 valence electrons. The fourth-order valence-corrected chi connectivity index (χ4v) is 4.62. The minimum Gasteiger partial charge on any atom is -0.340 e. The third-order valence-corrected chi connectivity index (χ3v) is 6.15. The smallest absolute Gasteiger partial charge is 0.340 e. The van der Waals surface area contributed by atoms with E-state index in [1.807, 2.05) is 16.7 Å². The second kappa shape index (κ2) is 8.92. The van der Waals surface area contributed by atoms with Crippen molar-refractivity contribution in [1.29, 1.82) is 0 Å². The fraction of sp³-hybridized carbons (Fsp3) is 0.556. The van der Waals surface area contributed by atoms with Gasteiger partial charge < -0.3 is 10.2 Å². The topological polar surface area (TPSA) is 52.7 Å². The zero-order valence-corrected chi connectivity index (χ0v) is 16.7. The number of alkyl halides is 3. The van der Waals surface area contributed by atoms with E-state index in [-0.39, 0.29) is 24.2 Å². The van der Waals surface area contributed by atoms with Gasteiger partial charge in [-0.2, -0.15) is 24.9 Å². The highest BCUT2D eigenvalue weighted by Gasteiger charge is 2.36. The molecule has 0 saturated carbocycles. The molecule has 1 atom stereocenters. The third-order valence-electron chi connectivity index (χ3n) is 4.87. The monoisotopic (exact) mass is 435 g/mol. The van der Waals surface area contributed by atoms with E-state index in [1.165, 1.54) is 6.07 Å². The lowest BCUT2D eigenvalue weighted by molar-refractivity contribution is -0.138. The maximum Gasteiger partial charge on any atom is 0.417 e. The highest BCUT2D eigenvalue weighted by molar-refractivity contribution is 7.99. The zero-order chi connectivity index (χ0) is 20.3. The number of hydrogen-bond donors (Lipinski definition) is 1. The molecule has 0 aliphatic carbocycles. The van der Waals surface area contributed by atoms with Gasteiger partial charge in [0.2, 0.25) is 11.8 Å². The molecule has 2 fully saturated rings. The van der Waals surface area contributed by atoms with Crippen LogP contribution in [0.5, 0.6) is 0 Å². The molecule has 1 unspecified atom stereocenters. The minimum absolute atomic E-state index is 0.0249. The average Bonchev–Trinajstić information content (AvgIpc) is 3.10. The Labute approximate surface area is 170 Å².